The molecule has 4 heteroatoms. The van der Waals surface area contributed by atoms with Gasteiger partial charge in [-0.3, -0.25) is 9.69 Å². The molecule has 0 unspecified atom stereocenters. The molecule has 1 aromatic rings. The van der Waals surface area contributed by atoms with Crippen LogP contribution < -0.4 is 4.90 Å². The third kappa shape index (κ3) is 8.64. The lowest BCUT2D eigenvalue weighted by Crippen LogP contribution is -2.48. The number of rotatable bonds is 10. The van der Waals surface area contributed by atoms with Crippen molar-refractivity contribution < 1.29 is 9.53 Å². The Bertz CT molecular complexity index is 569. The number of hydrogen-bond acceptors (Lipinski definition) is 4. The van der Waals surface area contributed by atoms with E-state index in [4.69, 9.17) is 4.74 Å². The number of nitrogens with zero attached hydrogens (tertiary/aromatic N) is 2. The summed E-state index contributed by atoms with van der Waals surface area (Å²) in [5.41, 5.74) is 2.34. The Balaban J connectivity index is 1.69. The van der Waals surface area contributed by atoms with Crippen LogP contribution in [0.15, 0.2) is 24.3 Å². The van der Waals surface area contributed by atoms with Crippen molar-refractivity contribution in [1.29, 1.82) is 0 Å². The van der Waals surface area contributed by atoms with Gasteiger partial charge >= 0.3 is 5.97 Å². The highest BCUT2D eigenvalue weighted by Crippen LogP contribution is 2.19. The Labute approximate surface area is 172 Å². The van der Waals surface area contributed by atoms with Crippen molar-refractivity contribution >= 4 is 11.7 Å². The number of hydrogen-bond donors (Lipinski definition) is 0. The minimum atomic E-state index is -0.407. The van der Waals surface area contributed by atoms with E-state index in [-0.39, 0.29) is 5.97 Å². The van der Waals surface area contributed by atoms with E-state index in [2.05, 4.69) is 41.0 Å². The van der Waals surface area contributed by atoms with Gasteiger partial charge in [0, 0.05) is 31.9 Å². The van der Waals surface area contributed by atoms with Gasteiger partial charge in [0.05, 0.1) is 6.54 Å². The van der Waals surface area contributed by atoms with E-state index >= 15 is 0 Å². The minimum absolute atomic E-state index is 0.125. The molecule has 1 aliphatic heterocycles. The van der Waals surface area contributed by atoms with E-state index in [9.17, 15) is 4.79 Å². The molecule has 1 saturated heterocycles. The first kappa shape index (κ1) is 22.7. The van der Waals surface area contributed by atoms with E-state index in [0.29, 0.717) is 6.54 Å². The maximum atomic E-state index is 12.0. The quantitative estimate of drug-likeness (QED) is 0.415. The largest absolute Gasteiger partial charge is 0.459 e. The standard InChI is InChI=1S/C24H40N2O2/c1-5-6-7-8-9-10-11-21-12-14-22(15-13-21)26-18-16-25(17-19-26)20-23(27)28-24(2,3)4/h12-15H,5-11,16-20H2,1-4H3. The molecule has 1 aromatic carbocycles. The average molecular weight is 389 g/mol. The van der Waals surface area contributed by atoms with Gasteiger partial charge < -0.3 is 9.64 Å². The number of carbonyl (C=O) groups excluding carboxylic acids is 1. The summed E-state index contributed by atoms with van der Waals surface area (Å²) in [6.07, 6.45) is 9.29. The second-order valence-corrected chi connectivity index (χ2v) is 9.03. The van der Waals surface area contributed by atoms with Crippen molar-refractivity contribution in [2.24, 2.45) is 0 Å². The maximum Gasteiger partial charge on any atom is 0.320 e. The zero-order valence-corrected chi connectivity index (χ0v) is 18.5. The fraction of sp³-hybridized carbons (Fsp3) is 0.708. The highest BCUT2D eigenvalue weighted by Gasteiger charge is 2.22. The molecule has 158 valence electrons. The van der Waals surface area contributed by atoms with Gasteiger partial charge in [-0.05, 0) is 51.3 Å². The zero-order valence-electron chi connectivity index (χ0n) is 18.5. The molecule has 1 heterocycles. The van der Waals surface area contributed by atoms with Crippen molar-refractivity contribution in [3.63, 3.8) is 0 Å². The molecule has 0 N–H and O–H groups in total. The van der Waals surface area contributed by atoms with Crippen molar-refractivity contribution in [3.8, 4) is 0 Å². The lowest BCUT2D eigenvalue weighted by atomic mass is 10.0. The van der Waals surface area contributed by atoms with Gasteiger partial charge in [0.15, 0.2) is 0 Å². The molecule has 1 fully saturated rings. The fourth-order valence-corrected chi connectivity index (χ4v) is 3.70. The van der Waals surface area contributed by atoms with Crippen molar-refractivity contribution in [2.75, 3.05) is 37.6 Å². The van der Waals surface area contributed by atoms with Gasteiger partial charge in [-0.15, -0.1) is 0 Å². The summed E-state index contributed by atoms with van der Waals surface area (Å²) in [6, 6.07) is 9.09. The molecule has 4 nitrogen and oxygen atoms in total. The van der Waals surface area contributed by atoms with Crippen LogP contribution in [0.5, 0.6) is 0 Å². The summed E-state index contributed by atoms with van der Waals surface area (Å²) < 4.78 is 5.43. The van der Waals surface area contributed by atoms with Crippen LogP contribution in [0.2, 0.25) is 0 Å². The van der Waals surface area contributed by atoms with Crippen LogP contribution in [0.3, 0.4) is 0 Å². The molecule has 0 aromatic heterocycles. The van der Waals surface area contributed by atoms with E-state index < -0.39 is 5.60 Å². The Hall–Kier alpha value is -1.55. The first-order valence-electron chi connectivity index (χ1n) is 11.2. The molecule has 0 atom stereocenters. The smallest absolute Gasteiger partial charge is 0.320 e. The van der Waals surface area contributed by atoms with Crippen LogP contribution in [0.4, 0.5) is 5.69 Å². The van der Waals surface area contributed by atoms with Crippen LogP contribution in [0, 0.1) is 0 Å². The predicted molar refractivity (Wildman–Crippen MR) is 118 cm³/mol. The first-order chi connectivity index (χ1) is 13.4. The van der Waals surface area contributed by atoms with Gasteiger partial charge in [0.1, 0.15) is 5.60 Å². The molecule has 0 bridgehead atoms. The molecule has 0 amide bonds. The summed E-state index contributed by atoms with van der Waals surface area (Å²) in [7, 11) is 0. The van der Waals surface area contributed by atoms with E-state index in [1.54, 1.807) is 0 Å². The number of benzene rings is 1. The van der Waals surface area contributed by atoms with Crippen LogP contribution >= 0.6 is 0 Å². The summed E-state index contributed by atoms with van der Waals surface area (Å²) >= 11 is 0. The number of anilines is 1. The van der Waals surface area contributed by atoms with Gasteiger partial charge in [0.2, 0.25) is 0 Å². The fourth-order valence-electron chi connectivity index (χ4n) is 3.70. The lowest BCUT2D eigenvalue weighted by Gasteiger charge is -2.36. The monoisotopic (exact) mass is 388 g/mol. The molecular formula is C24H40N2O2. The molecule has 1 aliphatic rings. The topological polar surface area (TPSA) is 32.8 Å². The third-order valence-electron chi connectivity index (χ3n) is 5.27. The van der Waals surface area contributed by atoms with Gasteiger partial charge in [0.25, 0.3) is 0 Å². The number of piperazine rings is 1. The van der Waals surface area contributed by atoms with E-state index in [0.717, 1.165) is 26.2 Å². The SMILES string of the molecule is CCCCCCCCc1ccc(N2CCN(CC(=O)OC(C)(C)C)CC2)cc1. The zero-order chi connectivity index (χ0) is 20.4. The summed E-state index contributed by atoms with van der Waals surface area (Å²) in [5.74, 6) is -0.125. The predicted octanol–water partition coefficient (Wildman–Crippen LogP) is 5.05. The Kier molecular flexibility index (Phi) is 9.30. The van der Waals surface area contributed by atoms with Gasteiger partial charge in [-0.1, -0.05) is 51.2 Å². The van der Waals surface area contributed by atoms with E-state index in [1.807, 2.05) is 20.8 Å². The number of aryl methyl sites for hydroxylation is 1. The number of esters is 1. The summed E-state index contributed by atoms with van der Waals surface area (Å²) in [4.78, 5) is 16.6. The van der Waals surface area contributed by atoms with Crippen LogP contribution in [0.25, 0.3) is 0 Å². The molecule has 0 radical (unpaired) electrons. The van der Waals surface area contributed by atoms with Crippen LogP contribution in [-0.4, -0.2) is 49.2 Å². The highest BCUT2D eigenvalue weighted by molar-refractivity contribution is 5.72. The second kappa shape index (κ2) is 11.5. The molecule has 0 spiro atoms. The van der Waals surface area contributed by atoms with Gasteiger partial charge in [-0.25, -0.2) is 0 Å². The number of carbonyl (C=O) groups is 1. The molecule has 2 rings (SSSR count). The number of ether oxygens (including phenoxy) is 1. The van der Waals surface area contributed by atoms with Crippen molar-refractivity contribution in [2.45, 2.75) is 78.2 Å². The van der Waals surface area contributed by atoms with Crippen LogP contribution in [0.1, 0.15) is 71.8 Å². The van der Waals surface area contributed by atoms with Crippen molar-refractivity contribution in [3.05, 3.63) is 29.8 Å². The van der Waals surface area contributed by atoms with E-state index in [1.165, 1.54) is 56.2 Å². The van der Waals surface area contributed by atoms with Gasteiger partial charge in [-0.2, -0.15) is 0 Å². The molecule has 0 saturated carbocycles. The normalized spacial score (nSPS) is 15.6. The Morgan fingerprint density at radius 3 is 2.14 bits per heavy atom. The Morgan fingerprint density at radius 1 is 0.929 bits per heavy atom. The second-order valence-electron chi connectivity index (χ2n) is 9.03. The molecule has 28 heavy (non-hydrogen) atoms. The van der Waals surface area contributed by atoms with Crippen molar-refractivity contribution in [1.82, 2.24) is 4.90 Å². The summed E-state index contributed by atoms with van der Waals surface area (Å²) in [5, 5.41) is 0. The molecular weight excluding hydrogens is 348 g/mol. The maximum absolute atomic E-state index is 12.0. The lowest BCUT2D eigenvalue weighted by molar-refractivity contribution is -0.156. The molecule has 0 aliphatic carbocycles. The highest BCUT2D eigenvalue weighted by atomic mass is 16.6. The first-order valence-corrected chi connectivity index (χ1v) is 11.2. The minimum Gasteiger partial charge on any atom is -0.459 e. The summed E-state index contributed by atoms with van der Waals surface area (Å²) in [6.45, 7) is 12.1. The Morgan fingerprint density at radius 2 is 1.54 bits per heavy atom. The number of unbranched alkanes of at least 4 members (excludes halogenated alkanes) is 5. The average Bonchev–Trinajstić information content (AvgIpc) is 2.64. The van der Waals surface area contributed by atoms with Crippen LogP contribution in [-0.2, 0) is 16.0 Å². The third-order valence-corrected chi connectivity index (χ3v) is 5.27.